The largest absolute Gasteiger partial charge is 0.375 e. The van der Waals surface area contributed by atoms with Crippen molar-refractivity contribution in [2.24, 2.45) is 0 Å². The molecular formula is C14H25NO3S2. The molecule has 1 N–H and O–H groups in total. The van der Waals surface area contributed by atoms with Crippen molar-refractivity contribution in [1.82, 2.24) is 5.32 Å². The Kier molecular flexibility index (Phi) is 4.65. The van der Waals surface area contributed by atoms with Gasteiger partial charge in [-0.15, -0.1) is 0 Å². The molecule has 116 valence electrons. The van der Waals surface area contributed by atoms with Crippen molar-refractivity contribution in [3.8, 4) is 0 Å². The van der Waals surface area contributed by atoms with Crippen LogP contribution in [0.4, 0.5) is 0 Å². The minimum absolute atomic E-state index is 0.0791. The maximum Gasteiger partial charge on any atom is 0.154 e. The van der Waals surface area contributed by atoms with Crippen molar-refractivity contribution in [3.63, 3.8) is 0 Å². The summed E-state index contributed by atoms with van der Waals surface area (Å²) >= 11 is 2.02. The Balaban J connectivity index is 1.53. The number of rotatable bonds is 3. The lowest BCUT2D eigenvalue weighted by Crippen LogP contribution is -2.50. The van der Waals surface area contributed by atoms with Crippen LogP contribution >= 0.6 is 11.8 Å². The third-order valence-electron chi connectivity index (χ3n) is 4.99. The quantitative estimate of drug-likeness (QED) is 0.856. The first kappa shape index (κ1) is 15.1. The summed E-state index contributed by atoms with van der Waals surface area (Å²) < 4.78 is 29.8. The van der Waals surface area contributed by atoms with Crippen molar-refractivity contribution in [3.05, 3.63) is 0 Å². The number of ether oxygens (including phenoxy) is 1. The molecule has 0 aliphatic carbocycles. The van der Waals surface area contributed by atoms with Crippen LogP contribution in [0.15, 0.2) is 0 Å². The van der Waals surface area contributed by atoms with E-state index in [1.807, 2.05) is 11.8 Å². The fourth-order valence-electron chi connectivity index (χ4n) is 3.68. The predicted molar refractivity (Wildman–Crippen MR) is 83.1 cm³/mol. The molecule has 2 unspecified atom stereocenters. The molecule has 3 saturated heterocycles. The van der Waals surface area contributed by atoms with Crippen molar-refractivity contribution in [1.29, 1.82) is 0 Å². The molecule has 3 aliphatic heterocycles. The molecule has 0 radical (unpaired) electrons. The van der Waals surface area contributed by atoms with E-state index in [0.29, 0.717) is 18.3 Å². The van der Waals surface area contributed by atoms with E-state index < -0.39 is 9.84 Å². The zero-order chi connectivity index (χ0) is 14.1. The van der Waals surface area contributed by atoms with Crippen LogP contribution in [0.1, 0.15) is 38.5 Å². The molecule has 4 nitrogen and oxygen atoms in total. The van der Waals surface area contributed by atoms with Crippen LogP contribution in [0, 0.1) is 0 Å². The Hall–Kier alpha value is 0.220. The zero-order valence-corrected chi connectivity index (χ0v) is 13.6. The van der Waals surface area contributed by atoms with Gasteiger partial charge in [-0.25, -0.2) is 8.42 Å². The monoisotopic (exact) mass is 319 g/mol. The van der Waals surface area contributed by atoms with Gasteiger partial charge >= 0.3 is 0 Å². The summed E-state index contributed by atoms with van der Waals surface area (Å²) in [5.41, 5.74) is 0.0791. The van der Waals surface area contributed by atoms with Gasteiger partial charge in [0.05, 0.1) is 16.6 Å². The average Bonchev–Trinajstić information content (AvgIpc) is 2.76. The Morgan fingerprint density at radius 2 is 2.05 bits per heavy atom. The van der Waals surface area contributed by atoms with Crippen LogP contribution in [0.25, 0.3) is 0 Å². The van der Waals surface area contributed by atoms with E-state index in [-0.39, 0.29) is 10.9 Å². The predicted octanol–water partition coefficient (Wildman–Crippen LogP) is 1.60. The van der Waals surface area contributed by atoms with E-state index in [4.69, 9.17) is 4.74 Å². The highest BCUT2D eigenvalue weighted by atomic mass is 32.2. The van der Waals surface area contributed by atoms with Gasteiger partial charge < -0.3 is 10.1 Å². The van der Waals surface area contributed by atoms with Crippen LogP contribution in [-0.4, -0.2) is 55.7 Å². The molecule has 3 fully saturated rings. The van der Waals surface area contributed by atoms with Gasteiger partial charge in [0, 0.05) is 19.2 Å². The topological polar surface area (TPSA) is 55.4 Å². The lowest BCUT2D eigenvalue weighted by atomic mass is 9.85. The van der Waals surface area contributed by atoms with Gasteiger partial charge in [0.1, 0.15) is 0 Å². The van der Waals surface area contributed by atoms with Crippen molar-refractivity contribution >= 4 is 21.6 Å². The van der Waals surface area contributed by atoms with Crippen LogP contribution in [-0.2, 0) is 14.6 Å². The van der Waals surface area contributed by atoms with E-state index >= 15 is 0 Å². The molecule has 3 aliphatic rings. The summed E-state index contributed by atoms with van der Waals surface area (Å²) in [5, 5.41) is 3.37. The molecule has 0 saturated carbocycles. The first-order valence-corrected chi connectivity index (χ1v) is 10.6. The van der Waals surface area contributed by atoms with Crippen LogP contribution < -0.4 is 5.32 Å². The van der Waals surface area contributed by atoms with E-state index in [2.05, 4.69) is 5.32 Å². The fraction of sp³-hybridized carbons (Fsp3) is 1.00. The Labute approximate surface area is 126 Å². The number of hydrogen-bond donors (Lipinski definition) is 1. The Bertz CT molecular complexity index is 426. The SMILES string of the molecule is O=S1(=O)CCCC1CNC1CCOC2(CCSCC2)C1. The third kappa shape index (κ3) is 3.34. The number of nitrogens with one attached hydrogen (secondary N) is 1. The third-order valence-corrected chi connectivity index (χ3v) is 8.26. The lowest BCUT2D eigenvalue weighted by molar-refractivity contribution is -0.0930. The molecule has 6 heteroatoms. The molecule has 0 aromatic heterocycles. The molecule has 0 bridgehead atoms. The van der Waals surface area contributed by atoms with Crippen molar-refractivity contribution in [2.45, 2.75) is 55.4 Å². The number of sulfone groups is 1. The number of hydrogen-bond acceptors (Lipinski definition) is 5. The lowest BCUT2D eigenvalue weighted by Gasteiger charge is -2.43. The summed E-state index contributed by atoms with van der Waals surface area (Å²) in [6.45, 7) is 1.46. The first-order chi connectivity index (χ1) is 9.60. The smallest absolute Gasteiger partial charge is 0.154 e. The molecule has 3 heterocycles. The van der Waals surface area contributed by atoms with E-state index in [1.165, 1.54) is 11.5 Å². The van der Waals surface area contributed by atoms with Crippen LogP contribution in [0.3, 0.4) is 0 Å². The second kappa shape index (κ2) is 6.15. The minimum Gasteiger partial charge on any atom is -0.375 e. The highest BCUT2D eigenvalue weighted by molar-refractivity contribution is 7.99. The fourth-order valence-corrected chi connectivity index (χ4v) is 6.69. The number of thioether (sulfide) groups is 1. The van der Waals surface area contributed by atoms with Gasteiger partial charge in [-0.3, -0.25) is 0 Å². The van der Waals surface area contributed by atoms with Gasteiger partial charge in [-0.05, 0) is 50.0 Å². The summed E-state index contributed by atoms with van der Waals surface area (Å²) in [4.78, 5) is 0. The van der Waals surface area contributed by atoms with Crippen molar-refractivity contribution in [2.75, 3.05) is 30.4 Å². The van der Waals surface area contributed by atoms with Gasteiger partial charge in [0.15, 0.2) is 9.84 Å². The Morgan fingerprint density at radius 1 is 1.25 bits per heavy atom. The Morgan fingerprint density at radius 3 is 2.75 bits per heavy atom. The van der Waals surface area contributed by atoms with Crippen molar-refractivity contribution < 1.29 is 13.2 Å². The first-order valence-electron chi connectivity index (χ1n) is 7.76. The summed E-state index contributed by atoms with van der Waals surface area (Å²) in [6, 6.07) is 0.433. The van der Waals surface area contributed by atoms with Crippen LogP contribution in [0.5, 0.6) is 0 Å². The molecule has 3 rings (SSSR count). The second-order valence-corrected chi connectivity index (χ2v) is 10.00. The van der Waals surface area contributed by atoms with Gasteiger partial charge in [0.2, 0.25) is 0 Å². The maximum atomic E-state index is 11.9. The highest BCUT2D eigenvalue weighted by Crippen LogP contribution is 2.37. The van der Waals surface area contributed by atoms with Gasteiger partial charge in [0.25, 0.3) is 0 Å². The molecule has 0 aromatic carbocycles. The minimum atomic E-state index is -2.82. The van der Waals surface area contributed by atoms with Gasteiger partial charge in [-0.1, -0.05) is 0 Å². The normalized spacial score (nSPS) is 36.2. The average molecular weight is 319 g/mol. The molecule has 2 atom stereocenters. The molecule has 0 amide bonds. The van der Waals surface area contributed by atoms with E-state index in [9.17, 15) is 8.42 Å². The molecule has 0 aromatic rings. The maximum absolute atomic E-state index is 11.9. The summed E-state index contributed by atoms with van der Waals surface area (Å²) in [7, 11) is -2.82. The summed E-state index contributed by atoms with van der Waals surface area (Å²) in [6.07, 6.45) is 6.04. The van der Waals surface area contributed by atoms with E-state index in [0.717, 1.165) is 45.1 Å². The molecule has 1 spiro atoms. The molecular weight excluding hydrogens is 294 g/mol. The molecule has 20 heavy (non-hydrogen) atoms. The summed E-state index contributed by atoms with van der Waals surface area (Å²) in [5.74, 6) is 2.78. The van der Waals surface area contributed by atoms with Gasteiger partial charge in [-0.2, -0.15) is 11.8 Å². The van der Waals surface area contributed by atoms with E-state index in [1.54, 1.807) is 0 Å². The second-order valence-electron chi connectivity index (χ2n) is 6.37. The standard InChI is InChI=1S/C14H25NO3S2/c16-20(17)9-1-2-13(20)11-15-12-3-6-18-14(10-12)4-7-19-8-5-14/h12-13,15H,1-11H2. The highest BCUT2D eigenvalue weighted by Gasteiger charge is 2.39. The van der Waals surface area contributed by atoms with Crippen LogP contribution in [0.2, 0.25) is 0 Å². The zero-order valence-electron chi connectivity index (χ0n) is 12.0.